The zero-order chi connectivity index (χ0) is 21.9. The summed E-state index contributed by atoms with van der Waals surface area (Å²) in [4.78, 5) is 28.6. The molecule has 1 unspecified atom stereocenters. The molecule has 0 bridgehead atoms. The molecule has 0 fully saturated rings. The average molecular weight is 496 g/mol. The number of fused-ring (bicyclic) bond motifs is 3. The highest BCUT2D eigenvalue weighted by atomic mass is 79.9. The van der Waals surface area contributed by atoms with Crippen molar-refractivity contribution in [2.75, 3.05) is 10.2 Å². The summed E-state index contributed by atoms with van der Waals surface area (Å²) in [6.45, 7) is 0. The lowest BCUT2D eigenvalue weighted by Gasteiger charge is -2.43. The first-order chi connectivity index (χ1) is 14.9. The van der Waals surface area contributed by atoms with Crippen LogP contribution in [0.25, 0.3) is 0 Å². The van der Waals surface area contributed by atoms with Crippen LogP contribution in [0.4, 0.5) is 11.4 Å². The van der Waals surface area contributed by atoms with Crippen molar-refractivity contribution in [1.82, 2.24) is 0 Å². The van der Waals surface area contributed by atoms with Gasteiger partial charge in [0, 0.05) is 44.1 Å². The standard InChI is InChI=1S/C23H16BrClN4O2/c24-12-3-1-4-14(9-12)29-18-5-2-6-19(30)20(18)23(16(11-26)21(29)27)15-10-13(25)7-8-17(15)28-22(23)31/h1,3-4,7-10H,2,5-6,27H2,(H,28,31). The Hall–Kier alpha value is -3.08. The molecule has 3 N–H and O–H groups in total. The van der Waals surface area contributed by atoms with Gasteiger partial charge in [0.25, 0.3) is 0 Å². The van der Waals surface area contributed by atoms with Crippen LogP contribution in [0, 0.1) is 11.3 Å². The number of nitriles is 1. The summed E-state index contributed by atoms with van der Waals surface area (Å²) in [6.07, 6.45) is 1.49. The van der Waals surface area contributed by atoms with Gasteiger partial charge in [-0.1, -0.05) is 33.6 Å². The van der Waals surface area contributed by atoms with Crippen molar-refractivity contribution in [1.29, 1.82) is 5.26 Å². The summed E-state index contributed by atoms with van der Waals surface area (Å²) in [5.41, 5.74) is 7.69. The SMILES string of the molecule is N#CC1=C(N)N(c2cccc(Br)c2)C2=C(C(=O)CCC2)C12C(=O)Nc1ccc(Cl)cc12. The Morgan fingerprint density at radius 3 is 2.74 bits per heavy atom. The van der Waals surface area contributed by atoms with Gasteiger partial charge >= 0.3 is 0 Å². The van der Waals surface area contributed by atoms with Gasteiger partial charge in [0.15, 0.2) is 5.78 Å². The summed E-state index contributed by atoms with van der Waals surface area (Å²) in [6, 6.07) is 14.6. The molecule has 3 aliphatic rings. The number of halogens is 2. The van der Waals surface area contributed by atoms with Crippen molar-refractivity contribution in [3.8, 4) is 6.07 Å². The van der Waals surface area contributed by atoms with Gasteiger partial charge in [0.05, 0.1) is 5.57 Å². The fourth-order valence-corrected chi connectivity index (χ4v) is 5.43. The van der Waals surface area contributed by atoms with Gasteiger partial charge in [-0.15, -0.1) is 0 Å². The highest BCUT2D eigenvalue weighted by Gasteiger charge is 2.60. The Bertz CT molecular complexity index is 1290. The molecule has 5 rings (SSSR count). The van der Waals surface area contributed by atoms with Crippen LogP contribution in [0.2, 0.25) is 5.02 Å². The van der Waals surface area contributed by atoms with Crippen LogP contribution in [-0.2, 0) is 15.0 Å². The number of amides is 1. The van der Waals surface area contributed by atoms with Crippen LogP contribution in [0.1, 0.15) is 24.8 Å². The van der Waals surface area contributed by atoms with E-state index in [1.54, 1.807) is 23.1 Å². The molecule has 154 valence electrons. The highest BCUT2D eigenvalue weighted by molar-refractivity contribution is 9.10. The van der Waals surface area contributed by atoms with Crippen LogP contribution >= 0.6 is 27.5 Å². The molecular weight excluding hydrogens is 480 g/mol. The number of carbonyl (C=O) groups is 2. The Labute approximate surface area is 192 Å². The summed E-state index contributed by atoms with van der Waals surface area (Å²) >= 11 is 9.74. The third kappa shape index (κ3) is 2.62. The second-order valence-corrected chi connectivity index (χ2v) is 9.03. The number of benzene rings is 2. The molecule has 0 radical (unpaired) electrons. The quantitative estimate of drug-likeness (QED) is 0.606. The third-order valence-corrected chi connectivity index (χ3v) is 6.78. The number of nitrogens with one attached hydrogen (secondary N) is 1. The van der Waals surface area contributed by atoms with Crippen molar-refractivity contribution in [3.63, 3.8) is 0 Å². The first-order valence-corrected chi connectivity index (χ1v) is 10.9. The number of hydrogen-bond donors (Lipinski definition) is 2. The Morgan fingerprint density at radius 1 is 1.19 bits per heavy atom. The Morgan fingerprint density at radius 2 is 2.00 bits per heavy atom. The van der Waals surface area contributed by atoms with E-state index < -0.39 is 11.3 Å². The van der Waals surface area contributed by atoms with Gasteiger partial charge in [0.2, 0.25) is 5.91 Å². The molecular formula is C23H16BrClN4O2. The van der Waals surface area contributed by atoms with Gasteiger partial charge < -0.3 is 11.1 Å². The van der Waals surface area contributed by atoms with Gasteiger partial charge in [-0.25, -0.2) is 0 Å². The van der Waals surface area contributed by atoms with Gasteiger partial charge in [-0.05, 0) is 49.2 Å². The molecule has 2 aliphatic heterocycles. The van der Waals surface area contributed by atoms with E-state index in [4.69, 9.17) is 17.3 Å². The van der Waals surface area contributed by atoms with E-state index in [9.17, 15) is 14.9 Å². The third-order valence-electron chi connectivity index (χ3n) is 6.05. The highest BCUT2D eigenvalue weighted by Crippen LogP contribution is 2.55. The van der Waals surface area contributed by atoms with E-state index >= 15 is 0 Å². The molecule has 1 amide bonds. The molecule has 1 spiro atoms. The van der Waals surface area contributed by atoms with Gasteiger partial charge in [0.1, 0.15) is 17.3 Å². The van der Waals surface area contributed by atoms with Crippen LogP contribution in [-0.4, -0.2) is 11.7 Å². The molecule has 31 heavy (non-hydrogen) atoms. The summed E-state index contributed by atoms with van der Waals surface area (Å²) in [7, 11) is 0. The zero-order valence-electron chi connectivity index (χ0n) is 16.2. The maximum atomic E-state index is 13.5. The lowest BCUT2D eigenvalue weighted by Crippen LogP contribution is -2.50. The minimum Gasteiger partial charge on any atom is -0.384 e. The normalized spacial score (nSPS) is 22.4. The fourth-order valence-electron chi connectivity index (χ4n) is 4.87. The van der Waals surface area contributed by atoms with Crippen molar-refractivity contribution in [3.05, 3.63) is 80.2 Å². The van der Waals surface area contributed by atoms with E-state index in [1.807, 2.05) is 24.3 Å². The summed E-state index contributed by atoms with van der Waals surface area (Å²) < 4.78 is 0.830. The topological polar surface area (TPSA) is 99.2 Å². The number of rotatable bonds is 1. The van der Waals surface area contributed by atoms with Crippen LogP contribution in [0.5, 0.6) is 0 Å². The van der Waals surface area contributed by atoms with Crippen molar-refractivity contribution >= 4 is 50.6 Å². The molecule has 2 aromatic rings. The van der Waals surface area contributed by atoms with E-state index in [0.29, 0.717) is 52.5 Å². The van der Waals surface area contributed by atoms with Crippen molar-refractivity contribution in [2.24, 2.45) is 5.73 Å². The molecule has 0 saturated carbocycles. The predicted molar refractivity (Wildman–Crippen MR) is 121 cm³/mol. The number of hydrogen-bond acceptors (Lipinski definition) is 5. The van der Waals surface area contributed by atoms with Gasteiger partial charge in [-0.2, -0.15) is 5.26 Å². The minimum absolute atomic E-state index is 0.0278. The van der Waals surface area contributed by atoms with Crippen molar-refractivity contribution < 1.29 is 9.59 Å². The smallest absolute Gasteiger partial charge is 0.245 e. The molecule has 1 aliphatic carbocycles. The number of nitrogens with two attached hydrogens (primary N) is 1. The summed E-state index contributed by atoms with van der Waals surface area (Å²) in [5, 5.41) is 13.5. The second kappa shape index (κ2) is 6.98. The number of allylic oxidation sites excluding steroid dienone is 1. The van der Waals surface area contributed by atoms with E-state index in [-0.39, 0.29) is 17.2 Å². The maximum Gasteiger partial charge on any atom is 0.245 e. The maximum absolute atomic E-state index is 13.5. The molecule has 6 nitrogen and oxygen atoms in total. The number of Topliss-reactive ketones (excluding diaryl/α,β-unsaturated/α-hetero) is 1. The first kappa shape index (κ1) is 19.9. The molecule has 2 aromatic carbocycles. The largest absolute Gasteiger partial charge is 0.384 e. The Balaban J connectivity index is 1.90. The van der Waals surface area contributed by atoms with E-state index in [1.165, 1.54) is 0 Å². The van der Waals surface area contributed by atoms with Gasteiger partial charge in [-0.3, -0.25) is 14.5 Å². The van der Waals surface area contributed by atoms with E-state index in [2.05, 4.69) is 27.3 Å². The van der Waals surface area contributed by atoms with E-state index in [0.717, 1.165) is 4.47 Å². The molecule has 0 saturated heterocycles. The van der Waals surface area contributed by atoms with Crippen LogP contribution in [0.3, 0.4) is 0 Å². The second-order valence-electron chi connectivity index (χ2n) is 7.68. The lowest BCUT2D eigenvalue weighted by atomic mass is 9.64. The fraction of sp³-hybridized carbons (Fsp3) is 0.174. The number of carbonyl (C=O) groups excluding carboxylic acids is 2. The van der Waals surface area contributed by atoms with Crippen LogP contribution in [0.15, 0.2) is 69.6 Å². The van der Waals surface area contributed by atoms with Crippen molar-refractivity contribution in [2.45, 2.75) is 24.7 Å². The molecule has 8 heteroatoms. The number of anilines is 2. The lowest BCUT2D eigenvalue weighted by molar-refractivity contribution is -0.122. The molecule has 0 aromatic heterocycles. The minimum atomic E-state index is -1.60. The monoisotopic (exact) mass is 494 g/mol. The number of ketones is 1. The summed E-state index contributed by atoms with van der Waals surface area (Å²) in [5.74, 6) is -0.484. The predicted octanol–water partition coefficient (Wildman–Crippen LogP) is 4.51. The number of nitrogens with zero attached hydrogens (tertiary/aromatic N) is 2. The molecule has 2 heterocycles. The average Bonchev–Trinajstić information content (AvgIpc) is 3.00. The molecule has 1 atom stereocenters. The first-order valence-electron chi connectivity index (χ1n) is 9.74. The Kier molecular flexibility index (Phi) is 4.47. The van der Waals surface area contributed by atoms with Crippen LogP contribution < -0.4 is 16.0 Å². The zero-order valence-corrected chi connectivity index (χ0v) is 18.5.